The molecule has 0 fully saturated rings. The SMILES string of the molecule is COCCCCN(C)c1ccc(C(=N)N)cc1. The van der Waals surface area contributed by atoms with E-state index in [4.69, 9.17) is 15.9 Å². The number of amidine groups is 1. The number of rotatable bonds is 7. The highest BCUT2D eigenvalue weighted by Gasteiger charge is 2.01. The van der Waals surface area contributed by atoms with Crippen molar-refractivity contribution in [2.24, 2.45) is 5.73 Å². The summed E-state index contributed by atoms with van der Waals surface area (Å²) in [5.74, 6) is 0.110. The van der Waals surface area contributed by atoms with Gasteiger partial charge in [-0.3, -0.25) is 5.41 Å². The largest absolute Gasteiger partial charge is 0.385 e. The van der Waals surface area contributed by atoms with Crippen molar-refractivity contribution in [2.45, 2.75) is 12.8 Å². The van der Waals surface area contributed by atoms with Crippen molar-refractivity contribution in [3.63, 3.8) is 0 Å². The highest BCUT2D eigenvalue weighted by Crippen LogP contribution is 2.14. The van der Waals surface area contributed by atoms with Crippen molar-refractivity contribution >= 4 is 11.5 Å². The van der Waals surface area contributed by atoms with E-state index in [0.717, 1.165) is 37.2 Å². The van der Waals surface area contributed by atoms with Crippen LogP contribution in [-0.4, -0.2) is 33.1 Å². The van der Waals surface area contributed by atoms with Gasteiger partial charge in [-0.25, -0.2) is 0 Å². The van der Waals surface area contributed by atoms with Gasteiger partial charge in [-0.05, 0) is 37.1 Å². The Balaban J connectivity index is 2.46. The Bertz CT molecular complexity index is 348. The summed E-state index contributed by atoms with van der Waals surface area (Å²) in [4.78, 5) is 2.19. The van der Waals surface area contributed by atoms with Crippen LogP contribution >= 0.6 is 0 Å². The molecule has 0 saturated heterocycles. The summed E-state index contributed by atoms with van der Waals surface area (Å²) >= 11 is 0. The summed E-state index contributed by atoms with van der Waals surface area (Å²) in [5.41, 5.74) is 7.32. The average molecular weight is 235 g/mol. The van der Waals surface area contributed by atoms with Crippen LogP contribution in [0.2, 0.25) is 0 Å². The lowest BCUT2D eigenvalue weighted by Crippen LogP contribution is -2.19. The predicted molar refractivity (Wildman–Crippen MR) is 71.8 cm³/mol. The second-order valence-electron chi connectivity index (χ2n) is 4.08. The number of nitrogens with zero attached hydrogens (tertiary/aromatic N) is 1. The predicted octanol–water partition coefficient (Wildman–Crippen LogP) is 1.83. The molecule has 0 bridgehead atoms. The number of ether oxygens (including phenoxy) is 1. The maximum atomic E-state index is 7.32. The molecule has 0 heterocycles. The van der Waals surface area contributed by atoms with Crippen LogP contribution in [0.25, 0.3) is 0 Å². The lowest BCUT2D eigenvalue weighted by atomic mass is 10.2. The zero-order valence-electron chi connectivity index (χ0n) is 10.6. The van der Waals surface area contributed by atoms with Crippen molar-refractivity contribution in [3.8, 4) is 0 Å². The third-order valence-electron chi connectivity index (χ3n) is 2.71. The van der Waals surface area contributed by atoms with Crippen LogP contribution < -0.4 is 10.6 Å². The Labute approximate surface area is 103 Å². The second-order valence-corrected chi connectivity index (χ2v) is 4.08. The van der Waals surface area contributed by atoms with E-state index < -0.39 is 0 Å². The molecule has 4 nitrogen and oxygen atoms in total. The molecule has 0 spiro atoms. The molecule has 1 rings (SSSR count). The maximum Gasteiger partial charge on any atom is 0.122 e. The monoisotopic (exact) mass is 235 g/mol. The Hall–Kier alpha value is -1.55. The first-order valence-electron chi connectivity index (χ1n) is 5.79. The minimum absolute atomic E-state index is 0.110. The van der Waals surface area contributed by atoms with E-state index in [1.807, 2.05) is 24.3 Å². The van der Waals surface area contributed by atoms with Gasteiger partial charge in [0.1, 0.15) is 5.84 Å². The molecular formula is C13H21N3O. The number of methoxy groups -OCH3 is 1. The number of nitrogens with one attached hydrogen (secondary N) is 1. The van der Waals surface area contributed by atoms with E-state index in [1.165, 1.54) is 0 Å². The quantitative estimate of drug-likeness (QED) is 0.430. The summed E-state index contributed by atoms with van der Waals surface area (Å²) in [6, 6.07) is 7.74. The Morgan fingerprint density at radius 3 is 2.47 bits per heavy atom. The molecule has 1 aromatic rings. The molecule has 0 saturated carbocycles. The molecule has 0 aliphatic rings. The molecule has 0 unspecified atom stereocenters. The van der Waals surface area contributed by atoms with Crippen LogP contribution in [0.15, 0.2) is 24.3 Å². The van der Waals surface area contributed by atoms with Gasteiger partial charge in [0, 0.05) is 38.6 Å². The zero-order valence-corrected chi connectivity index (χ0v) is 10.6. The standard InChI is InChI=1S/C13H21N3O/c1-16(9-3-4-10-17-2)12-7-5-11(6-8-12)13(14)15/h5-8H,3-4,9-10H2,1-2H3,(H3,14,15). The van der Waals surface area contributed by atoms with Crippen molar-refractivity contribution in [1.29, 1.82) is 5.41 Å². The van der Waals surface area contributed by atoms with Gasteiger partial charge in [-0.15, -0.1) is 0 Å². The molecule has 0 aliphatic heterocycles. The van der Waals surface area contributed by atoms with E-state index >= 15 is 0 Å². The molecule has 0 radical (unpaired) electrons. The molecule has 17 heavy (non-hydrogen) atoms. The first-order chi connectivity index (χ1) is 8.15. The van der Waals surface area contributed by atoms with Crippen LogP contribution in [0.1, 0.15) is 18.4 Å². The Kier molecular flexibility index (Phi) is 5.49. The number of hydrogen-bond acceptors (Lipinski definition) is 3. The fraction of sp³-hybridized carbons (Fsp3) is 0.462. The van der Waals surface area contributed by atoms with Crippen LogP contribution in [0.4, 0.5) is 5.69 Å². The van der Waals surface area contributed by atoms with Gasteiger partial charge in [0.15, 0.2) is 0 Å². The summed E-state index contributed by atoms with van der Waals surface area (Å²) in [6.45, 7) is 1.82. The number of unbranched alkanes of at least 4 members (excludes halogenated alkanes) is 1. The summed E-state index contributed by atoms with van der Waals surface area (Å²) < 4.78 is 5.02. The fourth-order valence-corrected chi connectivity index (χ4v) is 1.62. The minimum atomic E-state index is 0.110. The molecule has 0 atom stereocenters. The van der Waals surface area contributed by atoms with Crippen molar-refractivity contribution in [3.05, 3.63) is 29.8 Å². The van der Waals surface area contributed by atoms with Crippen LogP contribution in [0, 0.1) is 5.41 Å². The van der Waals surface area contributed by atoms with Crippen LogP contribution in [0.5, 0.6) is 0 Å². The van der Waals surface area contributed by atoms with Crippen LogP contribution in [-0.2, 0) is 4.74 Å². The Morgan fingerprint density at radius 2 is 1.94 bits per heavy atom. The van der Waals surface area contributed by atoms with Gasteiger partial charge >= 0.3 is 0 Å². The van der Waals surface area contributed by atoms with E-state index in [0.29, 0.717) is 0 Å². The number of nitrogens with two attached hydrogens (primary N) is 1. The third kappa shape index (κ3) is 4.44. The number of anilines is 1. The number of benzene rings is 1. The molecule has 0 amide bonds. The lowest BCUT2D eigenvalue weighted by molar-refractivity contribution is 0.193. The number of nitrogen functional groups attached to an aromatic ring is 1. The topological polar surface area (TPSA) is 62.3 Å². The van der Waals surface area contributed by atoms with Gasteiger partial charge in [-0.2, -0.15) is 0 Å². The Morgan fingerprint density at radius 1 is 1.29 bits per heavy atom. The van der Waals surface area contributed by atoms with E-state index in [9.17, 15) is 0 Å². The van der Waals surface area contributed by atoms with Gasteiger partial charge in [0.05, 0.1) is 0 Å². The van der Waals surface area contributed by atoms with Gasteiger partial charge in [0.25, 0.3) is 0 Å². The second kappa shape index (κ2) is 6.91. The normalized spacial score (nSPS) is 10.2. The van der Waals surface area contributed by atoms with Crippen LogP contribution in [0.3, 0.4) is 0 Å². The fourth-order valence-electron chi connectivity index (χ4n) is 1.62. The van der Waals surface area contributed by atoms with Gasteiger partial charge in [-0.1, -0.05) is 0 Å². The van der Waals surface area contributed by atoms with E-state index in [-0.39, 0.29) is 5.84 Å². The zero-order chi connectivity index (χ0) is 12.7. The molecule has 3 N–H and O–H groups in total. The number of hydrogen-bond donors (Lipinski definition) is 2. The maximum absolute atomic E-state index is 7.32. The summed E-state index contributed by atoms with van der Waals surface area (Å²) in [7, 11) is 3.79. The van der Waals surface area contributed by atoms with Gasteiger partial charge in [0.2, 0.25) is 0 Å². The summed E-state index contributed by atoms with van der Waals surface area (Å²) in [6.07, 6.45) is 2.19. The molecular weight excluding hydrogens is 214 g/mol. The molecule has 4 heteroatoms. The molecule has 1 aromatic carbocycles. The first-order valence-corrected chi connectivity index (χ1v) is 5.79. The van der Waals surface area contributed by atoms with Crippen molar-refractivity contribution < 1.29 is 4.74 Å². The summed E-state index contributed by atoms with van der Waals surface area (Å²) in [5, 5.41) is 7.32. The molecule has 0 aromatic heterocycles. The lowest BCUT2D eigenvalue weighted by Gasteiger charge is -2.19. The van der Waals surface area contributed by atoms with E-state index in [2.05, 4.69) is 11.9 Å². The molecule has 0 aliphatic carbocycles. The molecule has 94 valence electrons. The van der Waals surface area contributed by atoms with Crippen molar-refractivity contribution in [2.75, 3.05) is 32.2 Å². The highest BCUT2D eigenvalue weighted by atomic mass is 16.5. The van der Waals surface area contributed by atoms with Gasteiger partial charge < -0.3 is 15.4 Å². The highest BCUT2D eigenvalue weighted by molar-refractivity contribution is 5.95. The third-order valence-corrected chi connectivity index (χ3v) is 2.71. The van der Waals surface area contributed by atoms with Crippen molar-refractivity contribution in [1.82, 2.24) is 0 Å². The average Bonchev–Trinajstić information content (AvgIpc) is 2.34. The first kappa shape index (κ1) is 13.5. The van der Waals surface area contributed by atoms with E-state index in [1.54, 1.807) is 7.11 Å². The smallest absolute Gasteiger partial charge is 0.122 e. The minimum Gasteiger partial charge on any atom is -0.385 e.